The standard InChI is InChI=1S/C27H19ClN4OS/c28-22-15-13-20(14-16-22)25(33)31-26-24(19-8-2-1-3-9-19)30-27(34-26)32-29-17-21-11-6-10-18-7-4-5-12-23(18)21/h1-17H,(H,30,32)(H,31,33)/b29-17-. The van der Waals surface area contributed by atoms with Gasteiger partial charge in [-0.1, -0.05) is 95.7 Å². The number of rotatable bonds is 6. The summed E-state index contributed by atoms with van der Waals surface area (Å²) in [6.45, 7) is 0. The van der Waals surface area contributed by atoms with Gasteiger partial charge in [-0.15, -0.1) is 0 Å². The van der Waals surface area contributed by atoms with Gasteiger partial charge in [0.2, 0.25) is 5.13 Å². The largest absolute Gasteiger partial charge is 0.312 e. The van der Waals surface area contributed by atoms with Crippen LogP contribution in [0.15, 0.2) is 102 Å². The van der Waals surface area contributed by atoms with Crippen LogP contribution in [-0.2, 0) is 0 Å². The molecule has 4 aromatic carbocycles. The number of nitrogens with zero attached hydrogens (tertiary/aromatic N) is 2. The fourth-order valence-corrected chi connectivity index (χ4v) is 4.50. The molecule has 1 aromatic heterocycles. The van der Waals surface area contributed by atoms with Gasteiger partial charge in [-0.3, -0.25) is 10.2 Å². The van der Waals surface area contributed by atoms with Crippen molar-refractivity contribution in [3.63, 3.8) is 0 Å². The lowest BCUT2D eigenvalue weighted by Gasteiger charge is -2.05. The number of nitrogens with one attached hydrogen (secondary N) is 2. The van der Waals surface area contributed by atoms with E-state index in [1.165, 1.54) is 11.3 Å². The molecule has 0 saturated carbocycles. The lowest BCUT2D eigenvalue weighted by atomic mass is 10.1. The lowest BCUT2D eigenvalue weighted by Crippen LogP contribution is -2.11. The van der Waals surface area contributed by atoms with E-state index in [0.717, 1.165) is 21.9 Å². The maximum Gasteiger partial charge on any atom is 0.256 e. The first-order chi connectivity index (χ1) is 16.7. The molecule has 0 saturated heterocycles. The van der Waals surface area contributed by atoms with Crippen LogP contribution in [0.4, 0.5) is 10.1 Å². The summed E-state index contributed by atoms with van der Waals surface area (Å²) in [6.07, 6.45) is 1.78. The SMILES string of the molecule is O=C(Nc1sc(N/N=C\c2cccc3ccccc23)nc1-c1ccccc1)c1ccc(Cl)cc1. The summed E-state index contributed by atoms with van der Waals surface area (Å²) in [7, 11) is 0. The van der Waals surface area contributed by atoms with Crippen molar-refractivity contribution >= 4 is 56.0 Å². The Morgan fingerprint density at radius 2 is 1.62 bits per heavy atom. The summed E-state index contributed by atoms with van der Waals surface area (Å²) in [5.41, 5.74) is 6.11. The third-order valence-corrected chi connectivity index (χ3v) is 6.32. The van der Waals surface area contributed by atoms with Crippen LogP contribution in [0.1, 0.15) is 15.9 Å². The summed E-state index contributed by atoms with van der Waals surface area (Å²) in [5.74, 6) is -0.233. The fraction of sp³-hybridized carbons (Fsp3) is 0. The number of benzene rings is 4. The highest BCUT2D eigenvalue weighted by atomic mass is 35.5. The predicted octanol–water partition coefficient (Wildman–Crippen LogP) is 7.32. The Morgan fingerprint density at radius 3 is 2.44 bits per heavy atom. The number of thiazole rings is 1. The molecule has 0 bridgehead atoms. The van der Waals surface area contributed by atoms with E-state index in [9.17, 15) is 4.79 Å². The third-order valence-electron chi connectivity index (χ3n) is 5.20. The third kappa shape index (κ3) is 4.83. The van der Waals surface area contributed by atoms with Crippen LogP contribution < -0.4 is 10.7 Å². The molecule has 166 valence electrons. The van der Waals surface area contributed by atoms with Crippen LogP contribution >= 0.6 is 22.9 Å². The second kappa shape index (κ2) is 9.87. The molecule has 5 aromatic rings. The van der Waals surface area contributed by atoms with Crippen molar-refractivity contribution in [2.45, 2.75) is 0 Å². The Hall–Kier alpha value is -4.00. The molecule has 0 atom stereocenters. The van der Waals surface area contributed by atoms with Crippen molar-refractivity contribution in [3.05, 3.63) is 113 Å². The maximum absolute atomic E-state index is 12.8. The molecule has 0 radical (unpaired) electrons. The van der Waals surface area contributed by atoms with E-state index in [1.54, 1.807) is 30.5 Å². The summed E-state index contributed by atoms with van der Waals surface area (Å²) < 4.78 is 0. The van der Waals surface area contributed by atoms with Crippen LogP contribution in [0.5, 0.6) is 0 Å². The Morgan fingerprint density at radius 1 is 0.882 bits per heavy atom. The first-order valence-corrected chi connectivity index (χ1v) is 11.8. The van der Waals surface area contributed by atoms with E-state index < -0.39 is 0 Å². The average Bonchev–Trinajstić information content (AvgIpc) is 3.27. The number of anilines is 2. The number of amides is 1. The van der Waals surface area contributed by atoms with E-state index in [0.29, 0.717) is 26.4 Å². The van der Waals surface area contributed by atoms with Crippen molar-refractivity contribution < 1.29 is 4.79 Å². The number of aromatic nitrogens is 1. The predicted molar refractivity (Wildman–Crippen MR) is 142 cm³/mol. The topological polar surface area (TPSA) is 66.4 Å². The van der Waals surface area contributed by atoms with Crippen molar-refractivity contribution in [1.29, 1.82) is 0 Å². The second-order valence-corrected chi connectivity index (χ2v) is 8.90. The van der Waals surface area contributed by atoms with Crippen molar-refractivity contribution in [3.8, 4) is 11.3 Å². The van der Waals surface area contributed by atoms with Gasteiger partial charge in [-0.05, 0) is 35.0 Å². The molecule has 1 amide bonds. The molecule has 0 aliphatic carbocycles. The first kappa shape index (κ1) is 21.8. The van der Waals surface area contributed by atoms with Gasteiger partial charge >= 0.3 is 0 Å². The Labute approximate surface area is 205 Å². The zero-order valence-electron chi connectivity index (χ0n) is 17.9. The van der Waals surface area contributed by atoms with E-state index in [1.807, 2.05) is 54.6 Å². The van der Waals surface area contributed by atoms with E-state index in [4.69, 9.17) is 16.6 Å². The smallest absolute Gasteiger partial charge is 0.256 e. The van der Waals surface area contributed by atoms with Gasteiger partial charge in [0, 0.05) is 21.7 Å². The minimum atomic E-state index is -0.233. The molecule has 34 heavy (non-hydrogen) atoms. The number of carbonyl (C=O) groups excluding carboxylic acids is 1. The summed E-state index contributed by atoms with van der Waals surface area (Å²) in [6, 6.07) is 30.7. The molecular formula is C27H19ClN4OS. The van der Waals surface area contributed by atoms with Crippen LogP contribution in [-0.4, -0.2) is 17.1 Å². The molecule has 0 aliphatic rings. The first-order valence-electron chi connectivity index (χ1n) is 10.6. The highest BCUT2D eigenvalue weighted by Gasteiger charge is 2.16. The number of hydrazone groups is 1. The molecule has 0 fully saturated rings. The minimum absolute atomic E-state index is 0.233. The summed E-state index contributed by atoms with van der Waals surface area (Å²) >= 11 is 7.27. The fourth-order valence-electron chi connectivity index (χ4n) is 3.54. The minimum Gasteiger partial charge on any atom is -0.312 e. The molecule has 0 spiro atoms. The number of hydrogen-bond acceptors (Lipinski definition) is 5. The van der Waals surface area contributed by atoms with Gasteiger partial charge < -0.3 is 5.32 Å². The van der Waals surface area contributed by atoms with Crippen molar-refractivity contribution in [2.75, 3.05) is 10.7 Å². The Balaban J connectivity index is 1.41. The quantitative estimate of drug-likeness (QED) is 0.197. The zero-order chi connectivity index (χ0) is 23.3. The molecule has 1 heterocycles. The highest BCUT2D eigenvalue weighted by molar-refractivity contribution is 7.20. The zero-order valence-corrected chi connectivity index (χ0v) is 19.5. The van der Waals surface area contributed by atoms with E-state index in [-0.39, 0.29) is 5.91 Å². The maximum atomic E-state index is 12.8. The molecule has 7 heteroatoms. The van der Waals surface area contributed by atoms with Gasteiger partial charge in [-0.25, -0.2) is 4.98 Å². The molecule has 2 N–H and O–H groups in total. The Kier molecular flexibility index (Phi) is 6.33. The normalized spacial score (nSPS) is 11.1. The molecule has 5 nitrogen and oxygen atoms in total. The lowest BCUT2D eigenvalue weighted by molar-refractivity contribution is 0.102. The van der Waals surface area contributed by atoms with Gasteiger partial charge in [0.25, 0.3) is 5.91 Å². The number of carbonyl (C=O) groups is 1. The molecular weight excluding hydrogens is 464 g/mol. The second-order valence-electron chi connectivity index (χ2n) is 7.46. The summed E-state index contributed by atoms with van der Waals surface area (Å²) in [5, 5.41) is 11.4. The van der Waals surface area contributed by atoms with E-state index in [2.05, 4.69) is 34.0 Å². The van der Waals surface area contributed by atoms with Crippen molar-refractivity contribution in [1.82, 2.24) is 4.98 Å². The van der Waals surface area contributed by atoms with Crippen LogP contribution in [0.25, 0.3) is 22.0 Å². The number of halogens is 1. The van der Waals surface area contributed by atoms with Gasteiger partial charge in [0.15, 0.2) is 0 Å². The number of hydrogen-bond donors (Lipinski definition) is 2. The van der Waals surface area contributed by atoms with Gasteiger partial charge in [0.05, 0.1) is 6.21 Å². The van der Waals surface area contributed by atoms with Crippen LogP contribution in [0.3, 0.4) is 0 Å². The number of fused-ring (bicyclic) bond motifs is 1. The van der Waals surface area contributed by atoms with E-state index >= 15 is 0 Å². The average molecular weight is 483 g/mol. The van der Waals surface area contributed by atoms with Gasteiger partial charge in [0.1, 0.15) is 10.7 Å². The highest BCUT2D eigenvalue weighted by Crippen LogP contribution is 2.36. The van der Waals surface area contributed by atoms with Crippen molar-refractivity contribution in [2.24, 2.45) is 5.10 Å². The monoisotopic (exact) mass is 482 g/mol. The van der Waals surface area contributed by atoms with Crippen LogP contribution in [0, 0.1) is 0 Å². The Bertz CT molecular complexity index is 1470. The molecule has 5 rings (SSSR count). The van der Waals surface area contributed by atoms with Gasteiger partial charge in [-0.2, -0.15) is 5.10 Å². The van der Waals surface area contributed by atoms with Crippen LogP contribution in [0.2, 0.25) is 5.02 Å². The summed E-state index contributed by atoms with van der Waals surface area (Å²) in [4.78, 5) is 17.5. The molecule has 0 aliphatic heterocycles. The molecule has 0 unspecified atom stereocenters.